The second kappa shape index (κ2) is 8.02. The van der Waals surface area contributed by atoms with Crippen LogP contribution in [0.5, 0.6) is 5.75 Å². The number of amides is 1. The van der Waals surface area contributed by atoms with Crippen LogP contribution in [0.4, 0.5) is 5.69 Å². The molecular weight excluding hydrogens is 370 g/mol. The summed E-state index contributed by atoms with van der Waals surface area (Å²) in [4.78, 5) is 21.3. The summed E-state index contributed by atoms with van der Waals surface area (Å²) in [6.45, 7) is 0. The number of hydrogen-bond donors (Lipinski definition) is 1. The maximum absolute atomic E-state index is 12.5. The molecule has 0 aliphatic heterocycles. The molecule has 1 N–H and O–H groups in total. The average Bonchev–Trinajstić information content (AvgIpc) is 3.25. The van der Waals surface area contributed by atoms with Crippen LogP contribution in [0.15, 0.2) is 78.4 Å². The van der Waals surface area contributed by atoms with Gasteiger partial charge in [0.15, 0.2) is 0 Å². The molecule has 0 unspecified atom stereocenters. The van der Waals surface area contributed by atoms with Gasteiger partial charge in [-0.25, -0.2) is 4.98 Å². The molecule has 4 aromatic rings. The summed E-state index contributed by atoms with van der Waals surface area (Å²) in [7, 11) is 1.58. The second-order valence-electron chi connectivity index (χ2n) is 6.04. The number of benzene rings is 2. The van der Waals surface area contributed by atoms with Crippen LogP contribution in [0.1, 0.15) is 10.4 Å². The highest BCUT2D eigenvalue weighted by atomic mass is 32.1. The Morgan fingerprint density at radius 2 is 1.82 bits per heavy atom. The van der Waals surface area contributed by atoms with Crippen molar-refractivity contribution in [1.29, 1.82) is 0 Å². The lowest BCUT2D eigenvalue weighted by Crippen LogP contribution is -2.11. The molecule has 0 spiro atoms. The van der Waals surface area contributed by atoms with Crippen LogP contribution in [0.3, 0.4) is 0 Å². The molecule has 0 saturated carbocycles. The van der Waals surface area contributed by atoms with Crippen molar-refractivity contribution >= 4 is 22.9 Å². The van der Waals surface area contributed by atoms with E-state index in [9.17, 15) is 4.79 Å². The maximum atomic E-state index is 12.5. The predicted molar refractivity (Wildman–Crippen MR) is 112 cm³/mol. The SMILES string of the molecule is COc1cccc(C(=O)Nc2cccc(-c3csc(-c4ccncc4)n3)c2)c1. The molecule has 0 aliphatic rings. The summed E-state index contributed by atoms with van der Waals surface area (Å²) in [5, 5.41) is 5.88. The fourth-order valence-corrected chi connectivity index (χ4v) is 3.59. The molecule has 0 saturated heterocycles. The number of nitrogens with one attached hydrogen (secondary N) is 1. The van der Waals surface area contributed by atoms with Crippen molar-refractivity contribution in [2.24, 2.45) is 0 Å². The van der Waals surface area contributed by atoms with E-state index in [4.69, 9.17) is 9.72 Å². The van der Waals surface area contributed by atoms with Gasteiger partial charge in [-0.15, -0.1) is 11.3 Å². The van der Waals surface area contributed by atoms with Crippen LogP contribution in [-0.2, 0) is 0 Å². The van der Waals surface area contributed by atoms with Gasteiger partial charge in [0.2, 0.25) is 0 Å². The lowest BCUT2D eigenvalue weighted by Gasteiger charge is -2.08. The number of anilines is 1. The minimum atomic E-state index is -0.188. The first-order valence-corrected chi connectivity index (χ1v) is 9.53. The molecule has 5 nitrogen and oxygen atoms in total. The topological polar surface area (TPSA) is 64.1 Å². The molecule has 0 bridgehead atoms. The Labute approximate surface area is 166 Å². The van der Waals surface area contributed by atoms with E-state index in [1.165, 1.54) is 0 Å². The third kappa shape index (κ3) is 3.92. The predicted octanol–water partition coefficient (Wildman–Crippen LogP) is 5.13. The number of aromatic nitrogens is 2. The number of pyridine rings is 1. The van der Waals surface area contributed by atoms with Crippen LogP contribution in [0, 0.1) is 0 Å². The molecule has 0 fully saturated rings. The van der Waals surface area contributed by atoms with Gasteiger partial charge in [-0.05, 0) is 42.5 Å². The van der Waals surface area contributed by atoms with E-state index >= 15 is 0 Å². The lowest BCUT2D eigenvalue weighted by molar-refractivity contribution is 0.102. The normalized spacial score (nSPS) is 10.5. The van der Waals surface area contributed by atoms with Gasteiger partial charge in [0, 0.05) is 40.2 Å². The minimum Gasteiger partial charge on any atom is -0.497 e. The smallest absolute Gasteiger partial charge is 0.255 e. The number of rotatable bonds is 5. The van der Waals surface area contributed by atoms with Gasteiger partial charge in [-0.1, -0.05) is 18.2 Å². The van der Waals surface area contributed by atoms with E-state index in [-0.39, 0.29) is 5.91 Å². The molecule has 138 valence electrons. The van der Waals surface area contributed by atoms with E-state index in [0.29, 0.717) is 17.0 Å². The fraction of sp³-hybridized carbons (Fsp3) is 0.0455. The standard InChI is InChI=1S/C22H17N3O2S/c1-27-19-7-3-5-17(13-19)21(26)24-18-6-2-4-16(12-18)20-14-28-22(25-20)15-8-10-23-11-9-15/h2-14H,1H3,(H,24,26). The van der Waals surface area contributed by atoms with E-state index in [0.717, 1.165) is 21.8 Å². The van der Waals surface area contributed by atoms with E-state index in [1.807, 2.05) is 41.8 Å². The van der Waals surface area contributed by atoms with Gasteiger partial charge in [0.1, 0.15) is 10.8 Å². The average molecular weight is 387 g/mol. The van der Waals surface area contributed by atoms with Gasteiger partial charge in [-0.2, -0.15) is 0 Å². The molecule has 2 heterocycles. The van der Waals surface area contributed by atoms with Gasteiger partial charge in [0.25, 0.3) is 5.91 Å². The first-order chi connectivity index (χ1) is 13.7. The van der Waals surface area contributed by atoms with Crippen LogP contribution in [-0.4, -0.2) is 23.0 Å². The molecule has 6 heteroatoms. The molecule has 1 amide bonds. The molecule has 28 heavy (non-hydrogen) atoms. The molecular formula is C22H17N3O2S. The Morgan fingerprint density at radius 3 is 2.64 bits per heavy atom. The van der Waals surface area contributed by atoms with E-state index < -0.39 is 0 Å². The van der Waals surface area contributed by atoms with Crippen LogP contribution < -0.4 is 10.1 Å². The largest absolute Gasteiger partial charge is 0.497 e. The summed E-state index contributed by atoms with van der Waals surface area (Å²) in [5.74, 6) is 0.458. The van der Waals surface area contributed by atoms with Crippen molar-refractivity contribution in [3.05, 3.63) is 84.0 Å². The first-order valence-electron chi connectivity index (χ1n) is 8.65. The number of hydrogen-bond acceptors (Lipinski definition) is 5. The van der Waals surface area contributed by atoms with E-state index in [1.54, 1.807) is 55.1 Å². The molecule has 4 rings (SSSR count). The Morgan fingerprint density at radius 1 is 1.00 bits per heavy atom. The fourth-order valence-electron chi connectivity index (χ4n) is 2.76. The van der Waals surface area contributed by atoms with Gasteiger partial charge >= 0.3 is 0 Å². The number of nitrogens with zero attached hydrogens (tertiary/aromatic N) is 2. The van der Waals surface area contributed by atoms with Crippen molar-refractivity contribution in [2.45, 2.75) is 0 Å². The highest BCUT2D eigenvalue weighted by Crippen LogP contribution is 2.29. The first kappa shape index (κ1) is 17.9. The number of thiazole rings is 1. The second-order valence-corrected chi connectivity index (χ2v) is 6.90. The van der Waals surface area contributed by atoms with E-state index in [2.05, 4.69) is 10.3 Å². The van der Waals surface area contributed by atoms with Crippen LogP contribution in [0.2, 0.25) is 0 Å². The van der Waals surface area contributed by atoms with Crippen LogP contribution in [0.25, 0.3) is 21.8 Å². The zero-order valence-corrected chi connectivity index (χ0v) is 15.9. The number of carbonyl (C=O) groups is 1. The van der Waals surface area contributed by atoms with Crippen LogP contribution >= 0.6 is 11.3 Å². The molecule has 0 atom stereocenters. The highest BCUT2D eigenvalue weighted by Gasteiger charge is 2.10. The summed E-state index contributed by atoms with van der Waals surface area (Å²) in [6, 6.07) is 18.6. The Bertz CT molecular complexity index is 1110. The quantitative estimate of drug-likeness (QED) is 0.515. The number of carbonyl (C=O) groups excluding carboxylic acids is 1. The van der Waals surface area contributed by atoms with Crippen molar-refractivity contribution in [2.75, 3.05) is 12.4 Å². The highest BCUT2D eigenvalue weighted by molar-refractivity contribution is 7.13. The summed E-state index contributed by atoms with van der Waals surface area (Å²) in [5.41, 5.74) is 4.10. The van der Waals surface area contributed by atoms with Gasteiger partial charge < -0.3 is 10.1 Å². The minimum absolute atomic E-state index is 0.188. The molecule has 0 radical (unpaired) electrons. The lowest BCUT2D eigenvalue weighted by atomic mass is 10.1. The van der Waals surface area contributed by atoms with Gasteiger partial charge in [0.05, 0.1) is 12.8 Å². The maximum Gasteiger partial charge on any atom is 0.255 e. The van der Waals surface area contributed by atoms with Crippen molar-refractivity contribution in [3.8, 4) is 27.6 Å². The zero-order chi connectivity index (χ0) is 19.3. The van der Waals surface area contributed by atoms with Crippen molar-refractivity contribution in [3.63, 3.8) is 0 Å². The summed E-state index contributed by atoms with van der Waals surface area (Å²) >= 11 is 1.58. The van der Waals surface area contributed by atoms with Crippen molar-refractivity contribution in [1.82, 2.24) is 9.97 Å². The number of ether oxygens (including phenoxy) is 1. The Hall–Kier alpha value is -3.51. The Kier molecular flexibility index (Phi) is 5.12. The molecule has 2 aromatic carbocycles. The third-order valence-electron chi connectivity index (χ3n) is 4.18. The number of methoxy groups -OCH3 is 1. The van der Waals surface area contributed by atoms with Crippen molar-refractivity contribution < 1.29 is 9.53 Å². The molecule has 2 aromatic heterocycles. The molecule has 0 aliphatic carbocycles. The third-order valence-corrected chi connectivity index (χ3v) is 5.07. The monoisotopic (exact) mass is 387 g/mol. The summed E-state index contributed by atoms with van der Waals surface area (Å²) < 4.78 is 5.18. The van der Waals surface area contributed by atoms with Gasteiger partial charge in [-0.3, -0.25) is 9.78 Å². The zero-order valence-electron chi connectivity index (χ0n) is 15.1. The Balaban J connectivity index is 1.55. The summed E-state index contributed by atoms with van der Waals surface area (Å²) in [6.07, 6.45) is 3.51.